The van der Waals surface area contributed by atoms with Crippen molar-refractivity contribution in [1.29, 1.82) is 0 Å². The summed E-state index contributed by atoms with van der Waals surface area (Å²) in [6.45, 7) is 1.73. The van der Waals surface area contributed by atoms with Crippen LogP contribution in [-0.2, 0) is 21.8 Å². The highest BCUT2D eigenvalue weighted by molar-refractivity contribution is 8.02. The van der Waals surface area contributed by atoms with Crippen molar-refractivity contribution in [3.05, 3.63) is 33.5 Å². The SMILES string of the molecule is CC(Sc1nc(CC(=O)Nc2nnc(SCc3cccs3)s2)cs1)C(N)=O. The van der Waals surface area contributed by atoms with E-state index < -0.39 is 5.91 Å². The monoisotopic (exact) mass is 457 g/mol. The Hall–Kier alpha value is -1.47. The molecule has 12 heteroatoms. The number of thiazole rings is 1. The van der Waals surface area contributed by atoms with Crippen LogP contribution < -0.4 is 11.1 Å². The first-order valence-corrected chi connectivity index (χ1v) is 12.1. The molecule has 0 radical (unpaired) electrons. The van der Waals surface area contributed by atoms with Crippen LogP contribution in [-0.4, -0.2) is 32.2 Å². The molecule has 0 aliphatic heterocycles. The van der Waals surface area contributed by atoms with Crippen molar-refractivity contribution < 1.29 is 9.59 Å². The molecular weight excluding hydrogens is 443 g/mol. The molecule has 27 heavy (non-hydrogen) atoms. The van der Waals surface area contributed by atoms with Gasteiger partial charge in [0, 0.05) is 16.0 Å². The average Bonchev–Trinajstić information content (AvgIpc) is 3.35. The molecule has 0 bridgehead atoms. The molecule has 0 aliphatic rings. The third-order valence-electron chi connectivity index (χ3n) is 3.12. The lowest BCUT2D eigenvalue weighted by Crippen LogP contribution is -2.22. The highest BCUT2D eigenvalue weighted by Crippen LogP contribution is 2.30. The van der Waals surface area contributed by atoms with E-state index in [0.29, 0.717) is 15.2 Å². The largest absolute Gasteiger partial charge is 0.369 e. The highest BCUT2D eigenvalue weighted by Gasteiger charge is 2.15. The standard InChI is InChI=1S/C15H15N5O2S5/c1-8(12(16)22)26-14-17-9(6-24-14)5-11(21)18-13-19-20-15(27-13)25-7-10-3-2-4-23-10/h2-4,6,8H,5,7H2,1H3,(H2,16,22)(H,18,19,21). The molecule has 1 atom stereocenters. The van der Waals surface area contributed by atoms with Crippen LogP contribution in [0, 0.1) is 0 Å². The van der Waals surface area contributed by atoms with Gasteiger partial charge in [0.1, 0.15) is 0 Å². The fraction of sp³-hybridized carbons (Fsp3) is 0.267. The zero-order chi connectivity index (χ0) is 19.2. The zero-order valence-corrected chi connectivity index (χ0v) is 18.2. The Bertz CT molecular complexity index is 908. The first kappa shape index (κ1) is 20.3. The Morgan fingerprint density at radius 2 is 2.15 bits per heavy atom. The van der Waals surface area contributed by atoms with E-state index in [0.717, 1.165) is 10.1 Å². The molecule has 0 fully saturated rings. The minimum absolute atomic E-state index is 0.138. The molecule has 0 saturated carbocycles. The number of hydrogen-bond acceptors (Lipinski definition) is 10. The third kappa shape index (κ3) is 6.28. The minimum atomic E-state index is -0.390. The molecule has 3 aromatic heterocycles. The Kier molecular flexibility index (Phi) is 7.24. The summed E-state index contributed by atoms with van der Waals surface area (Å²) >= 11 is 7.32. The molecular formula is C15H15N5O2S5. The van der Waals surface area contributed by atoms with E-state index in [1.165, 1.54) is 39.3 Å². The fourth-order valence-electron chi connectivity index (χ4n) is 1.81. The number of amides is 2. The van der Waals surface area contributed by atoms with E-state index in [1.54, 1.807) is 35.4 Å². The second kappa shape index (κ2) is 9.64. The van der Waals surface area contributed by atoms with Gasteiger partial charge < -0.3 is 11.1 Å². The predicted octanol–water partition coefficient (Wildman–Crippen LogP) is 3.50. The Labute approximate surface area is 176 Å². The van der Waals surface area contributed by atoms with Gasteiger partial charge in [-0.1, -0.05) is 40.9 Å². The van der Waals surface area contributed by atoms with E-state index in [1.807, 2.05) is 11.4 Å². The van der Waals surface area contributed by atoms with Gasteiger partial charge in [0.2, 0.25) is 16.9 Å². The summed E-state index contributed by atoms with van der Waals surface area (Å²) in [5.74, 6) is 0.243. The maximum absolute atomic E-state index is 12.2. The molecule has 0 spiro atoms. The number of carbonyl (C=O) groups excluding carboxylic acids is 2. The van der Waals surface area contributed by atoms with E-state index in [9.17, 15) is 9.59 Å². The van der Waals surface area contributed by atoms with Crippen molar-refractivity contribution >= 4 is 74.5 Å². The third-order valence-corrected chi connectivity index (χ3v) is 8.34. The number of thioether (sulfide) groups is 2. The topological polar surface area (TPSA) is 111 Å². The zero-order valence-electron chi connectivity index (χ0n) is 14.1. The van der Waals surface area contributed by atoms with Gasteiger partial charge in [-0.15, -0.1) is 32.9 Å². The number of aromatic nitrogens is 3. The van der Waals surface area contributed by atoms with Crippen LogP contribution in [0.2, 0.25) is 0 Å². The number of nitrogens with two attached hydrogens (primary N) is 1. The normalized spacial score (nSPS) is 12.0. The number of thiophene rings is 1. The number of anilines is 1. The van der Waals surface area contributed by atoms with Gasteiger partial charge in [-0.3, -0.25) is 9.59 Å². The molecule has 3 aromatic rings. The number of nitrogens with one attached hydrogen (secondary N) is 1. The molecule has 1 unspecified atom stereocenters. The molecule has 0 saturated heterocycles. The summed E-state index contributed by atoms with van der Waals surface area (Å²) in [5, 5.41) is 14.8. The maximum atomic E-state index is 12.2. The van der Waals surface area contributed by atoms with Gasteiger partial charge in [-0.2, -0.15) is 0 Å². The van der Waals surface area contributed by atoms with Gasteiger partial charge in [0.15, 0.2) is 8.68 Å². The number of primary amides is 1. The van der Waals surface area contributed by atoms with E-state index in [-0.39, 0.29) is 17.6 Å². The first-order valence-electron chi connectivity index (χ1n) is 7.68. The molecule has 3 heterocycles. The van der Waals surface area contributed by atoms with Crippen molar-refractivity contribution in [2.24, 2.45) is 5.73 Å². The van der Waals surface area contributed by atoms with Gasteiger partial charge >= 0.3 is 0 Å². The summed E-state index contributed by atoms with van der Waals surface area (Å²) in [5.41, 5.74) is 5.90. The number of hydrogen-bond donors (Lipinski definition) is 2. The van der Waals surface area contributed by atoms with Gasteiger partial charge in [-0.05, 0) is 18.4 Å². The Balaban J connectivity index is 1.48. The van der Waals surface area contributed by atoms with Crippen molar-refractivity contribution in [1.82, 2.24) is 15.2 Å². The van der Waals surface area contributed by atoms with Crippen molar-refractivity contribution in [3.8, 4) is 0 Å². The molecule has 2 amide bonds. The first-order chi connectivity index (χ1) is 13.0. The summed E-state index contributed by atoms with van der Waals surface area (Å²) in [6, 6.07) is 4.09. The van der Waals surface area contributed by atoms with Crippen molar-refractivity contribution in [2.45, 2.75) is 33.0 Å². The van der Waals surface area contributed by atoms with Crippen LogP contribution in [0.15, 0.2) is 31.6 Å². The lowest BCUT2D eigenvalue weighted by Gasteiger charge is -2.02. The van der Waals surface area contributed by atoms with E-state index in [2.05, 4.69) is 26.6 Å². The molecule has 0 aliphatic carbocycles. The van der Waals surface area contributed by atoms with E-state index in [4.69, 9.17) is 5.73 Å². The number of nitrogens with zero attached hydrogens (tertiary/aromatic N) is 3. The van der Waals surface area contributed by atoms with Crippen LogP contribution in [0.1, 0.15) is 17.5 Å². The fourth-order valence-corrected chi connectivity index (χ4v) is 6.28. The smallest absolute Gasteiger partial charge is 0.232 e. The molecule has 3 rings (SSSR count). The summed E-state index contributed by atoms with van der Waals surface area (Å²) in [7, 11) is 0. The Morgan fingerprint density at radius 1 is 1.30 bits per heavy atom. The van der Waals surface area contributed by atoms with Crippen molar-refractivity contribution in [2.75, 3.05) is 5.32 Å². The second-order valence-electron chi connectivity index (χ2n) is 5.23. The molecule has 0 aromatic carbocycles. The lowest BCUT2D eigenvalue weighted by molar-refractivity contribution is -0.117. The molecule has 3 N–H and O–H groups in total. The molecule has 142 valence electrons. The van der Waals surface area contributed by atoms with Crippen molar-refractivity contribution in [3.63, 3.8) is 0 Å². The predicted molar refractivity (Wildman–Crippen MR) is 113 cm³/mol. The summed E-state index contributed by atoms with van der Waals surface area (Å²) in [4.78, 5) is 28.9. The van der Waals surface area contributed by atoms with Crippen LogP contribution in [0.5, 0.6) is 0 Å². The average molecular weight is 458 g/mol. The maximum Gasteiger partial charge on any atom is 0.232 e. The summed E-state index contributed by atoms with van der Waals surface area (Å²) < 4.78 is 1.53. The van der Waals surface area contributed by atoms with E-state index >= 15 is 0 Å². The number of rotatable bonds is 9. The lowest BCUT2D eigenvalue weighted by atomic mass is 10.3. The van der Waals surface area contributed by atoms with Gasteiger partial charge in [0.25, 0.3) is 0 Å². The van der Waals surface area contributed by atoms with Crippen LogP contribution in [0.25, 0.3) is 0 Å². The number of carbonyl (C=O) groups is 2. The van der Waals surface area contributed by atoms with Gasteiger partial charge in [0.05, 0.1) is 17.4 Å². The quantitative estimate of drug-likeness (QED) is 0.374. The minimum Gasteiger partial charge on any atom is -0.369 e. The van der Waals surface area contributed by atoms with Gasteiger partial charge in [-0.25, -0.2) is 4.98 Å². The van der Waals surface area contributed by atoms with Crippen LogP contribution >= 0.6 is 57.5 Å². The Morgan fingerprint density at radius 3 is 2.89 bits per heavy atom. The second-order valence-corrected chi connectivity index (χ2v) is 10.9. The highest BCUT2D eigenvalue weighted by atomic mass is 32.2. The summed E-state index contributed by atoms with van der Waals surface area (Å²) in [6.07, 6.45) is 0.138. The molecule has 7 nitrogen and oxygen atoms in total. The van der Waals surface area contributed by atoms with Crippen LogP contribution in [0.4, 0.5) is 5.13 Å². The van der Waals surface area contributed by atoms with Crippen LogP contribution in [0.3, 0.4) is 0 Å².